The van der Waals surface area contributed by atoms with E-state index in [1.807, 2.05) is 53.6 Å². The number of imidazole rings is 1. The predicted octanol–water partition coefficient (Wildman–Crippen LogP) is 4.65. The molecule has 1 atom stereocenters. The molecule has 1 aliphatic rings. The lowest BCUT2D eigenvalue weighted by Crippen LogP contribution is -2.40. The summed E-state index contributed by atoms with van der Waals surface area (Å²) >= 11 is 0. The van der Waals surface area contributed by atoms with E-state index in [2.05, 4.69) is 40.7 Å². The molecule has 1 amide bonds. The average Bonchev–Trinajstić information content (AvgIpc) is 3.23. The number of amides is 1. The number of fused-ring (bicyclic) bond motifs is 1. The summed E-state index contributed by atoms with van der Waals surface area (Å²) in [6.07, 6.45) is 6.50. The Labute approximate surface area is 182 Å². The van der Waals surface area contributed by atoms with Crippen LogP contribution < -0.4 is 0 Å². The van der Waals surface area contributed by atoms with Gasteiger partial charge in [0, 0.05) is 30.9 Å². The van der Waals surface area contributed by atoms with Crippen LogP contribution in [0.5, 0.6) is 0 Å². The fourth-order valence-corrected chi connectivity index (χ4v) is 4.43. The molecule has 3 aromatic heterocycles. The standard InChI is InChI=1S/C26H26N4O/c1-19-12-13-25-27-16-24(30(25)17-19)23-11-5-10-22(28-23)21-9-6-14-29(18-21)26(31)15-20-7-3-2-4-8-20/h2-5,7-8,10-13,16-17,21H,6,9,14-15,18H2,1H3. The number of rotatable bonds is 4. The minimum absolute atomic E-state index is 0.198. The number of carbonyl (C=O) groups excluding carboxylic acids is 1. The smallest absolute Gasteiger partial charge is 0.227 e. The second kappa shape index (κ2) is 8.34. The Bertz CT molecular complexity index is 1210. The number of likely N-dealkylation sites (tertiary alicyclic amines) is 1. The Morgan fingerprint density at radius 2 is 1.94 bits per heavy atom. The zero-order chi connectivity index (χ0) is 21.2. The number of nitrogens with zero attached hydrogens (tertiary/aromatic N) is 4. The molecule has 5 rings (SSSR count). The van der Waals surface area contributed by atoms with E-state index >= 15 is 0 Å². The van der Waals surface area contributed by atoms with E-state index in [9.17, 15) is 4.79 Å². The molecule has 4 aromatic rings. The lowest BCUT2D eigenvalue weighted by atomic mass is 9.93. The van der Waals surface area contributed by atoms with Gasteiger partial charge in [-0.3, -0.25) is 14.2 Å². The number of aromatic nitrogens is 3. The molecule has 5 heteroatoms. The predicted molar refractivity (Wildman–Crippen MR) is 122 cm³/mol. The molecule has 1 aliphatic heterocycles. The Morgan fingerprint density at radius 1 is 1.06 bits per heavy atom. The summed E-state index contributed by atoms with van der Waals surface area (Å²) in [6.45, 7) is 3.64. The molecule has 1 saturated heterocycles. The van der Waals surface area contributed by atoms with Crippen LogP contribution in [0.3, 0.4) is 0 Å². The van der Waals surface area contributed by atoms with E-state index in [1.54, 1.807) is 0 Å². The first kappa shape index (κ1) is 19.5. The molecule has 0 bridgehead atoms. The highest BCUT2D eigenvalue weighted by Gasteiger charge is 2.26. The van der Waals surface area contributed by atoms with Gasteiger partial charge in [0.25, 0.3) is 0 Å². The molecule has 0 saturated carbocycles. The molecular weight excluding hydrogens is 384 g/mol. The van der Waals surface area contributed by atoms with Crippen molar-refractivity contribution in [1.29, 1.82) is 0 Å². The Morgan fingerprint density at radius 3 is 2.81 bits per heavy atom. The van der Waals surface area contributed by atoms with Crippen molar-refractivity contribution >= 4 is 11.6 Å². The van der Waals surface area contributed by atoms with Gasteiger partial charge >= 0.3 is 0 Å². The number of carbonyl (C=O) groups is 1. The van der Waals surface area contributed by atoms with Crippen LogP contribution in [0, 0.1) is 6.92 Å². The van der Waals surface area contributed by atoms with Gasteiger partial charge in [-0.05, 0) is 49.1 Å². The summed E-state index contributed by atoms with van der Waals surface area (Å²) in [5.74, 6) is 0.457. The van der Waals surface area contributed by atoms with Crippen molar-refractivity contribution < 1.29 is 4.79 Å². The van der Waals surface area contributed by atoms with Gasteiger partial charge in [0.15, 0.2) is 0 Å². The third kappa shape index (κ3) is 4.08. The molecule has 4 heterocycles. The van der Waals surface area contributed by atoms with Crippen molar-refractivity contribution in [1.82, 2.24) is 19.3 Å². The van der Waals surface area contributed by atoms with Gasteiger partial charge < -0.3 is 4.90 Å². The van der Waals surface area contributed by atoms with E-state index in [1.165, 1.54) is 5.56 Å². The highest BCUT2D eigenvalue weighted by molar-refractivity contribution is 5.79. The van der Waals surface area contributed by atoms with Crippen LogP contribution in [0.4, 0.5) is 0 Å². The van der Waals surface area contributed by atoms with Gasteiger partial charge in [-0.25, -0.2) is 4.98 Å². The van der Waals surface area contributed by atoms with Crippen LogP contribution in [-0.4, -0.2) is 38.3 Å². The van der Waals surface area contributed by atoms with Crippen molar-refractivity contribution in [2.24, 2.45) is 0 Å². The molecule has 0 N–H and O–H groups in total. The van der Waals surface area contributed by atoms with E-state index < -0.39 is 0 Å². The summed E-state index contributed by atoms with van der Waals surface area (Å²) in [5.41, 5.74) is 6.14. The molecule has 0 aliphatic carbocycles. The average molecular weight is 411 g/mol. The fraction of sp³-hybridized carbons (Fsp3) is 0.269. The number of hydrogen-bond donors (Lipinski definition) is 0. The maximum Gasteiger partial charge on any atom is 0.227 e. The topological polar surface area (TPSA) is 50.5 Å². The van der Waals surface area contributed by atoms with Gasteiger partial charge in [-0.15, -0.1) is 0 Å². The molecule has 31 heavy (non-hydrogen) atoms. The number of benzene rings is 1. The normalized spacial score (nSPS) is 16.5. The van der Waals surface area contributed by atoms with Crippen LogP contribution in [0.15, 0.2) is 73.1 Å². The minimum Gasteiger partial charge on any atom is -0.342 e. The van der Waals surface area contributed by atoms with Crippen LogP contribution in [-0.2, 0) is 11.2 Å². The van der Waals surface area contributed by atoms with Crippen molar-refractivity contribution in [3.05, 3.63) is 89.9 Å². The SMILES string of the molecule is Cc1ccc2ncc(-c3cccc(C4CCCN(C(=O)Cc5ccccc5)C4)n3)n2c1. The van der Waals surface area contributed by atoms with Crippen molar-refractivity contribution in [2.45, 2.75) is 32.1 Å². The highest BCUT2D eigenvalue weighted by atomic mass is 16.2. The molecule has 0 spiro atoms. The second-order valence-corrected chi connectivity index (χ2v) is 8.37. The van der Waals surface area contributed by atoms with Gasteiger partial charge in [0.2, 0.25) is 5.91 Å². The number of piperidine rings is 1. The summed E-state index contributed by atoms with van der Waals surface area (Å²) < 4.78 is 2.10. The highest BCUT2D eigenvalue weighted by Crippen LogP contribution is 2.28. The van der Waals surface area contributed by atoms with Gasteiger partial charge in [0.1, 0.15) is 5.65 Å². The summed E-state index contributed by atoms with van der Waals surface area (Å²) in [4.78, 5) is 24.4. The van der Waals surface area contributed by atoms with Crippen LogP contribution in [0.1, 0.15) is 35.6 Å². The van der Waals surface area contributed by atoms with Crippen LogP contribution in [0.2, 0.25) is 0 Å². The maximum atomic E-state index is 12.9. The molecule has 1 aromatic carbocycles. The van der Waals surface area contributed by atoms with Crippen LogP contribution in [0.25, 0.3) is 17.0 Å². The van der Waals surface area contributed by atoms with Crippen molar-refractivity contribution in [3.8, 4) is 11.4 Å². The second-order valence-electron chi connectivity index (χ2n) is 8.37. The quantitative estimate of drug-likeness (QED) is 0.492. The third-order valence-corrected chi connectivity index (χ3v) is 6.08. The van der Waals surface area contributed by atoms with Gasteiger partial charge in [0.05, 0.1) is 24.0 Å². The number of aryl methyl sites for hydroxylation is 1. The zero-order valence-electron chi connectivity index (χ0n) is 17.7. The lowest BCUT2D eigenvalue weighted by molar-refractivity contribution is -0.131. The fourth-order valence-electron chi connectivity index (χ4n) is 4.43. The van der Waals surface area contributed by atoms with Crippen LogP contribution >= 0.6 is 0 Å². The third-order valence-electron chi connectivity index (χ3n) is 6.08. The summed E-state index contributed by atoms with van der Waals surface area (Å²) in [5, 5.41) is 0. The molecular formula is C26H26N4O. The molecule has 156 valence electrons. The van der Waals surface area contributed by atoms with E-state index in [-0.39, 0.29) is 11.8 Å². The molecule has 0 radical (unpaired) electrons. The van der Waals surface area contributed by atoms with Gasteiger partial charge in [-0.2, -0.15) is 0 Å². The summed E-state index contributed by atoms with van der Waals surface area (Å²) in [6, 6.07) is 20.3. The monoisotopic (exact) mass is 410 g/mol. The Balaban J connectivity index is 1.36. The minimum atomic E-state index is 0.198. The molecule has 1 unspecified atom stereocenters. The first-order valence-corrected chi connectivity index (χ1v) is 10.9. The van der Waals surface area contributed by atoms with E-state index in [4.69, 9.17) is 4.98 Å². The maximum absolute atomic E-state index is 12.9. The lowest BCUT2D eigenvalue weighted by Gasteiger charge is -2.32. The van der Waals surface area contributed by atoms with Gasteiger partial charge in [-0.1, -0.05) is 42.5 Å². The summed E-state index contributed by atoms with van der Waals surface area (Å²) in [7, 11) is 0. The zero-order valence-corrected chi connectivity index (χ0v) is 17.7. The number of hydrogen-bond acceptors (Lipinski definition) is 3. The number of pyridine rings is 2. The van der Waals surface area contributed by atoms with Crippen molar-refractivity contribution in [2.75, 3.05) is 13.1 Å². The largest absolute Gasteiger partial charge is 0.342 e. The van der Waals surface area contributed by atoms with E-state index in [0.29, 0.717) is 6.42 Å². The molecule has 5 nitrogen and oxygen atoms in total. The first-order valence-electron chi connectivity index (χ1n) is 10.9. The molecule has 1 fully saturated rings. The van der Waals surface area contributed by atoms with E-state index in [0.717, 1.165) is 54.2 Å². The van der Waals surface area contributed by atoms with Crippen molar-refractivity contribution in [3.63, 3.8) is 0 Å². The Hall–Kier alpha value is -3.47. The Kier molecular flexibility index (Phi) is 5.24. The first-order chi connectivity index (χ1) is 15.2.